The van der Waals surface area contributed by atoms with Crippen LogP contribution in [0.15, 0.2) is 48.5 Å². The highest BCUT2D eigenvalue weighted by atomic mass is 16.5. The number of amides is 2. The van der Waals surface area contributed by atoms with E-state index in [0.29, 0.717) is 37.7 Å². The molecular formula is C24H30N2O4. The smallest absolute Gasteiger partial charge is 0.225 e. The Hall–Kier alpha value is -3.02. The molecule has 0 atom stereocenters. The minimum absolute atomic E-state index is 0.0269. The lowest BCUT2D eigenvalue weighted by molar-refractivity contribution is -0.139. The van der Waals surface area contributed by atoms with Crippen LogP contribution in [0.2, 0.25) is 0 Å². The van der Waals surface area contributed by atoms with Crippen LogP contribution in [0.1, 0.15) is 30.9 Å². The first-order valence-electron chi connectivity index (χ1n) is 10.3. The molecule has 1 fully saturated rings. The van der Waals surface area contributed by atoms with Gasteiger partial charge in [0.1, 0.15) is 6.61 Å². The Morgan fingerprint density at radius 2 is 1.73 bits per heavy atom. The summed E-state index contributed by atoms with van der Waals surface area (Å²) in [6.07, 6.45) is 1.44. The van der Waals surface area contributed by atoms with E-state index in [-0.39, 0.29) is 17.7 Å². The van der Waals surface area contributed by atoms with E-state index < -0.39 is 0 Å². The summed E-state index contributed by atoms with van der Waals surface area (Å²) < 4.78 is 11.4. The Kier molecular flexibility index (Phi) is 7.33. The van der Waals surface area contributed by atoms with Crippen molar-refractivity contribution in [1.29, 1.82) is 0 Å². The third kappa shape index (κ3) is 5.53. The van der Waals surface area contributed by atoms with Crippen molar-refractivity contribution in [2.75, 3.05) is 27.2 Å². The number of piperidine rings is 1. The fourth-order valence-corrected chi connectivity index (χ4v) is 3.77. The van der Waals surface area contributed by atoms with Gasteiger partial charge < -0.3 is 19.3 Å². The van der Waals surface area contributed by atoms with Gasteiger partial charge in [0.05, 0.1) is 7.11 Å². The molecule has 1 aliphatic rings. The Labute approximate surface area is 178 Å². The maximum absolute atomic E-state index is 12.8. The molecule has 0 aliphatic carbocycles. The highest BCUT2D eigenvalue weighted by Gasteiger charge is 2.28. The van der Waals surface area contributed by atoms with Crippen LogP contribution in [0, 0.1) is 5.92 Å². The van der Waals surface area contributed by atoms with E-state index in [1.807, 2.05) is 60.5 Å². The summed E-state index contributed by atoms with van der Waals surface area (Å²) in [6, 6.07) is 15.7. The van der Waals surface area contributed by atoms with Gasteiger partial charge in [-0.3, -0.25) is 9.59 Å². The largest absolute Gasteiger partial charge is 0.493 e. The lowest BCUT2D eigenvalue weighted by atomic mass is 9.95. The molecule has 0 N–H and O–H groups in total. The van der Waals surface area contributed by atoms with Crippen molar-refractivity contribution in [2.45, 2.75) is 32.9 Å². The Balaban J connectivity index is 1.58. The van der Waals surface area contributed by atoms with E-state index in [9.17, 15) is 9.59 Å². The first-order valence-corrected chi connectivity index (χ1v) is 10.3. The number of rotatable bonds is 7. The number of ether oxygens (including phenoxy) is 2. The lowest BCUT2D eigenvalue weighted by Gasteiger charge is -2.32. The highest BCUT2D eigenvalue weighted by Crippen LogP contribution is 2.29. The van der Waals surface area contributed by atoms with Crippen LogP contribution in [0.5, 0.6) is 11.5 Å². The second kappa shape index (κ2) is 10.1. The molecule has 30 heavy (non-hydrogen) atoms. The van der Waals surface area contributed by atoms with Crippen molar-refractivity contribution in [3.05, 3.63) is 59.7 Å². The van der Waals surface area contributed by atoms with Gasteiger partial charge in [-0.15, -0.1) is 0 Å². The average Bonchev–Trinajstić information content (AvgIpc) is 2.78. The Bertz CT molecular complexity index is 861. The minimum Gasteiger partial charge on any atom is -0.493 e. The zero-order valence-electron chi connectivity index (χ0n) is 18.0. The van der Waals surface area contributed by atoms with Crippen LogP contribution in [0.3, 0.4) is 0 Å². The van der Waals surface area contributed by atoms with E-state index in [1.54, 1.807) is 18.9 Å². The Morgan fingerprint density at radius 1 is 1.03 bits per heavy atom. The molecular weight excluding hydrogens is 380 g/mol. The number of likely N-dealkylation sites (tertiary alicyclic amines) is 1. The summed E-state index contributed by atoms with van der Waals surface area (Å²) in [6.45, 7) is 3.85. The summed E-state index contributed by atoms with van der Waals surface area (Å²) in [5.74, 6) is 1.51. The van der Waals surface area contributed by atoms with Gasteiger partial charge in [-0.2, -0.15) is 0 Å². The second-order valence-electron chi connectivity index (χ2n) is 7.73. The van der Waals surface area contributed by atoms with Crippen LogP contribution in [0.25, 0.3) is 0 Å². The predicted molar refractivity (Wildman–Crippen MR) is 115 cm³/mol. The lowest BCUT2D eigenvalue weighted by Crippen LogP contribution is -2.42. The molecule has 2 aromatic rings. The van der Waals surface area contributed by atoms with E-state index in [4.69, 9.17) is 9.47 Å². The molecule has 0 radical (unpaired) electrons. The monoisotopic (exact) mass is 410 g/mol. The molecule has 0 spiro atoms. The quantitative estimate of drug-likeness (QED) is 0.701. The number of methoxy groups -OCH3 is 1. The van der Waals surface area contributed by atoms with Gasteiger partial charge in [0, 0.05) is 39.5 Å². The summed E-state index contributed by atoms with van der Waals surface area (Å²) in [7, 11) is 3.44. The van der Waals surface area contributed by atoms with Crippen molar-refractivity contribution in [1.82, 2.24) is 9.80 Å². The minimum atomic E-state index is -0.0269. The van der Waals surface area contributed by atoms with Crippen molar-refractivity contribution in [3.63, 3.8) is 0 Å². The fourth-order valence-electron chi connectivity index (χ4n) is 3.77. The summed E-state index contributed by atoms with van der Waals surface area (Å²) >= 11 is 0. The fraction of sp³-hybridized carbons (Fsp3) is 0.417. The molecule has 0 saturated carbocycles. The normalized spacial score (nSPS) is 14.3. The summed E-state index contributed by atoms with van der Waals surface area (Å²) in [5, 5.41) is 0. The molecule has 0 unspecified atom stereocenters. The van der Waals surface area contributed by atoms with Crippen molar-refractivity contribution >= 4 is 11.8 Å². The van der Waals surface area contributed by atoms with E-state index >= 15 is 0 Å². The van der Waals surface area contributed by atoms with Gasteiger partial charge in [-0.1, -0.05) is 36.4 Å². The van der Waals surface area contributed by atoms with Gasteiger partial charge >= 0.3 is 0 Å². The van der Waals surface area contributed by atoms with E-state index in [1.165, 1.54) is 0 Å². The van der Waals surface area contributed by atoms with Gasteiger partial charge in [0.25, 0.3) is 0 Å². The Morgan fingerprint density at radius 3 is 2.37 bits per heavy atom. The summed E-state index contributed by atoms with van der Waals surface area (Å²) in [4.78, 5) is 27.9. The van der Waals surface area contributed by atoms with Crippen LogP contribution in [0.4, 0.5) is 0 Å². The molecule has 6 heteroatoms. The molecule has 2 amide bonds. The number of benzene rings is 2. The van der Waals surface area contributed by atoms with Crippen LogP contribution >= 0.6 is 0 Å². The average molecular weight is 411 g/mol. The number of hydrogen-bond donors (Lipinski definition) is 0. The van der Waals surface area contributed by atoms with Crippen LogP contribution in [-0.4, -0.2) is 48.9 Å². The SMILES string of the molecule is COc1cc(CN(C)C(=O)C2CCN(C(C)=O)CC2)ccc1OCc1ccccc1. The van der Waals surface area contributed by atoms with Crippen LogP contribution < -0.4 is 9.47 Å². The molecule has 1 saturated heterocycles. The van der Waals surface area contributed by atoms with Crippen molar-refractivity contribution in [2.24, 2.45) is 5.92 Å². The van der Waals surface area contributed by atoms with Gasteiger partial charge in [-0.25, -0.2) is 0 Å². The number of carbonyl (C=O) groups is 2. The number of hydrogen-bond acceptors (Lipinski definition) is 4. The van der Waals surface area contributed by atoms with Gasteiger partial charge in [0.15, 0.2) is 11.5 Å². The predicted octanol–water partition coefficient (Wildman–Crippen LogP) is 3.49. The highest BCUT2D eigenvalue weighted by molar-refractivity contribution is 5.79. The first kappa shape index (κ1) is 21.7. The maximum Gasteiger partial charge on any atom is 0.225 e. The molecule has 0 aromatic heterocycles. The third-order valence-electron chi connectivity index (χ3n) is 5.55. The van der Waals surface area contributed by atoms with Crippen molar-refractivity contribution in [3.8, 4) is 11.5 Å². The zero-order valence-corrected chi connectivity index (χ0v) is 18.0. The van der Waals surface area contributed by atoms with E-state index in [2.05, 4.69) is 0 Å². The zero-order chi connectivity index (χ0) is 21.5. The number of carbonyl (C=O) groups excluding carboxylic acids is 2. The molecule has 1 aliphatic heterocycles. The summed E-state index contributed by atoms with van der Waals surface area (Å²) in [5.41, 5.74) is 2.07. The molecule has 1 heterocycles. The molecule has 3 rings (SSSR count). The maximum atomic E-state index is 12.8. The van der Waals surface area contributed by atoms with Crippen molar-refractivity contribution < 1.29 is 19.1 Å². The number of nitrogens with zero attached hydrogens (tertiary/aromatic N) is 2. The standard InChI is InChI=1S/C24H30N2O4/c1-18(27)26-13-11-21(12-14-26)24(28)25(2)16-20-9-10-22(23(15-20)29-3)30-17-19-7-5-4-6-8-19/h4-10,15,21H,11-14,16-17H2,1-3H3. The molecule has 6 nitrogen and oxygen atoms in total. The molecule has 2 aromatic carbocycles. The second-order valence-corrected chi connectivity index (χ2v) is 7.73. The third-order valence-corrected chi connectivity index (χ3v) is 5.55. The van der Waals surface area contributed by atoms with Gasteiger partial charge in [0.2, 0.25) is 11.8 Å². The van der Waals surface area contributed by atoms with Crippen LogP contribution in [-0.2, 0) is 22.7 Å². The van der Waals surface area contributed by atoms with Gasteiger partial charge in [-0.05, 0) is 36.1 Å². The molecule has 160 valence electrons. The first-order chi connectivity index (χ1) is 14.5. The molecule has 0 bridgehead atoms. The van der Waals surface area contributed by atoms with E-state index in [0.717, 1.165) is 24.0 Å². The topological polar surface area (TPSA) is 59.1 Å².